The third-order valence-electron chi connectivity index (χ3n) is 4.58. The number of benzene rings is 1. The third kappa shape index (κ3) is 4.27. The summed E-state index contributed by atoms with van der Waals surface area (Å²) in [5, 5.41) is 0. The van der Waals surface area contributed by atoms with Crippen molar-refractivity contribution in [2.45, 2.75) is 38.1 Å². The Kier molecular flexibility index (Phi) is 6.23. The van der Waals surface area contributed by atoms with Gasteiger partial charge < -0.3 is 4.90 Å². The van der Waals surface area contributed by atoms with Crippen molar-refractivity contribution in [1.82, 2.24) is 9.21 Å². The van der Waals surface area contributed by atoms with Gasteiger partial charge in [0.25, 0.3) is 0 Å². The fraction of sp³-hybridized carbons (Fsp3) is 0.588. The van der Waals surface area contributed by atoms with Crippen molar-refractivity contribution in [3.63, 3.8) is 0 Å². The highest BCUT2D eigenvalue weighted by Gasteiger charge is 2.30. The molecule has 1 fully saturated rings. The molecule has 1 amide bonds. The van der Waals surface area contributed by atoms with E-state index in [2.05, 4.69) is 0 Å². The largest absolute Gasteiger partial charge is 0.341 e. The highest BCUT2D eigenvalue weighted by Crippen LogP contribution is 2.23. The minimum atomic E-state index is -3.73. The molecule has 0 atom stereocenters. The lowest BCUT2D eigenvalue weighted by Gasteiger charge is -2.34. The highest BCUT2D eigenvalue weighted by molar-refractivity contribution is 7.90. The Morgan fingerprint density at radius 2 is 1.62 bits per heavy atom. The maximum Gasteiger partial charge on any atom is 0.304 e. The molecule has 1 aromatic carbocycles. The van der Waals surface area contributed by atoms with Crippen LogP contribution < -0.4 is 4.31 Å². The average molecular weight is 353 g/mol. The molecule has 1 aromatic rings. The second kappa shape index (κ2) is 7.98. The first-order valence-corrected chi connectivity index (χ1v) is 9.74. The van der Waals surface area contributed by atoms with Crippen LogP contribution in [-0.2, 0) is 15.0 Å². The topological polar surface area (TPSA) is 60.9 Å². The Hall–Kier alpha value is -1.60. The predicted octanol–water partition coefficient (Wildman–Crippen LogP) is 2.09. The molecule has 0 spiro atoms. The van der Waals surface area contributed by atoms with Gasteiger partial charge in [-0.25, -0.2) is 4.31 Å². The van der Waals surface area contributed by atoms with Crippen LogP contribution in [0.1, 0.15) is 32.1 Å². The second-order valence-corrected chi connectivity index (χ2v) is 8.50. The summed E-state index contributed by atoms with van der Waals surface area (Å²) in [5.41, 5.74) is 0.497. The van der Waals surface area contributed by atoms with Crippen molar-refractivity contribution < 1.29 is 13.2 Å². The van der Waals surface area contributed by atoms with Crippen molar-refractivity contribution in [3.05, 3.63) is 30.3 Å². The minimum absolute atomic E-state index is 0.170. The first-order valence-electron chi connectivity index (χ1n) is 8.35. The number of para-hydroxylation sites is 1. The molecule has 7 heteroatoms. The summed E-state index contributed by atoms with van der Waals surface area (Å²) < 4.78 is 27.6. The Bertz CT molecular complexity index is 640. The molecule has 0 aromatic heterocycles. The zero-order valence-electron chi connectivity index (χ0n) is 14.7. The molecule has 1 aliphatic rings. The van der Waals surface area contributed by atoms with Gasteiger partial charge in [0.15, 0.2) is 0 Å². The van der Waals surface area contributed by atoms with E-state index in [4.69, 9.17) is 0 Å². The number of carbonyl (C=O) groups is 1. The molecule has 1 saturated carbocycles. The summed E-state index contributed by atoms with van der Waals surface area (Å²) in [6.45, 7) is -0.183. The molecule has 2 rings (SSSR count). The second-order valence-electron chi connectivity index (χ2n) is 6.43. The van der Waals surface area contributed by atoms with Crippen LogP contribution in [0, 0.1) is 0 Å². The molecule has 6 nitrogen and oxygen atoms in total. The van der Waals surface area contributed by atoms with Gasteiger partial charge in [-0.2, -0.15) is 12.7 Å². The van der Waals surface area contributed by atoms with Gasteiger partial charge in [0.2, 0.25) is 5.91 Å². The van der Waals surface area contributed by atoms with Crippen LogP contribution in [0.15, 0.2) is 30.3 Å². The lowest BCUT2D eigenvalue weighted by molar-refractivity contribution is -0.130. The molecule has 1 aliphatic carbocycles. The molecule has 0 heterocycles. The average Bonchev–Trinajstić information content (AvgIpc) is 2.60. The van der Waals surface area contributed by atoms with E-state index in [1.807, 2.05) is 6.07 Å². The monoisotopic (exact) mass is 353 g/mol. The van der Waals surface area contributed by atoms with Gasteiger partial charge in [0.05, 0.1) is 5.69 Å². The zero-order valence-corrected chi connectivity index (χ0v) is 15.5. The maximum atomic E-state index is 12.7. The van der Waals surface area contributed by atoms with Crippen molar-refractivity contribution in [1.29, 1.82) is 0 Å². The molecular formula is C17H27N3O3S. The van der Waals surface area contributed by atoms with Gasteiger partial charge in [-0.1, -0.05) is 37.5 Å². The van der Waals surface area contributed by atoms with Crippen molar-refractivity contribution >= 4 is 21.8 Å². The molecule has 24 heavy (non-hydrogen) atoms. The summed E-state index contributed by atoms with van der Waals surface area (Å²) in [5.74, 6) is -0.170. The van der Waals surface area contributed by atoms with Crippen LogP contribution in [0.5, 0.6) is 0 Å². The van der Waals surface area contributed by atoms with Gasteiger partial charge in [-0.3, -0.25) is 4.79 Å². The summed E-state index contributed by atoms with van der Waals surface area (Å²) in [4.78, 5) is 14.4. The van der Waals surface area contributed by atoms with Gasteiger partial charge >= 0.3 is 10.2 Å². The fourth-order valence-electron chi connectivity index (χ4n) is 3.00. The number of carbonyl (C=O) groups excluding carboxylic acids is 1. The number of nitrogens with zero attached hydrogens (tertiary/aromatic N) is 3. The van der Waals surface area contributed by atoms with E-state index >= 15 is 0 Å². The molecule has 0 radical (unpaired) electrons. The minimum Gasteiger partial charge on any atom is -0.341 e. The molecule has 0 N–H and O–H groups in total. The third-order valence-corrected chi connectivity index (χ3v) is 6.40. The van der Waals surface area contributed by atoms with Crippen molar-refractivity contribution in [2.75, 3.05) is 32.0 Å². The maximum absolute atomic E-state index is 12.7. The smallest absolute Gasteiger partial charge is 0.304 e. The van der Waals surface area contributed by atoms with E-state index in [1.54, 1.807) is 36.2 Å². The normalized spacial score (nSPS) is 16.2. The highest BCUT2D eigenvalue weighted by atomic mass is 32.2. The predicted molar refractivity (Wildman–Crippen MR) is 96.0 cm³/mol. The lowest BCUT2D eigenvalue weighted by atomic mass is 9.94. The first kappa shape index (κ1) is 18.7. The quantitative estimate of drug-likeness (QED) is 0.787. The fourth-order valence-corrected chi connectivity index (χ4v) is 4.06. The van der Waals surface area contributed by atoms with Crippen LogP contribution >= 0.6 is 0 Å². The number of anilines is 1. The van der Waals surface area contributed by atoms with E-state index in [-0.39, 0.29) is 18.5 Å². The Morgan fingerprint density at radius 3 is 2.17 bits per heavy atom. The molecule has 134 valence electrons. The van der Waals surface area contributed by atoms with Crippen molar-refractivity contribution in [2.24, 2.45) is 0 Å². The number of likely N-dealkylation sites (N-methyl/N-ethyl adjacent to an activating group) is 1. The molecule has 0 aliphatic heterocycles. The van der Waals surface area contributed by atoms with Crippen LogP contribution in [0.3, 0.4) is 0 Å². The molecule has 0 unspecified atom stereocenters. The molecule has 0 saturated heterocycles. The van der Waals surface area contributed by atoms with Crippen LogP contribution in [0.25, 0.3) is 0 Å². The Labute approximate surface area is 145 Å². The summed E-state index contributed by atoms with van der Waals surface area (Å²) in [6.07, 6.45) is 5.45. The lowest BCUT2D eigenvalue weighted by Crippen LogP contribution is -2.48. The van der Waals surface area contributed by atoms with Crippen LogP contribution in [0.4, 0.5) is 5.69 Å². The van der Waals surface area contributed by atoms with Crippen LogP contribution in [-0.4, -0.2) is 57.3 Å². The summed E-state index contributed by atoms with van der Waals surface area (Å²) in [6, 6.07) is 8.97. The van der Waals surface area contributed by atoms with E-state index < -0.39 is 10.2 Å². The van der Waals surface area contributed by atoms with Gasteiger partial charge in [0, 0.05) is 27.2 Å². The van der Waals surface area contributed by atoms with Crippen molar-refractivity contribution in [3.8, 4) is 0 Å². The van der Waals surface area contributed by atoms with Gasteiger partial charge in [-0.05, 0) is 25.0 Å². The number of rotatable bonds is 6. The number of amides is 1. The van der Waals surface area contributed by atoms with Gasteiger partial charge in [-0.15, -0.1) is 0 Å². The van der Waals surface area contributed by atoms with E-state index in [0.29, 0.717) is 5.69 Å². The molecular weight excluding hydrogens is 326 g/mol. The van der Waals surface area contributed by atoms with E-state index in [9.17, 15) is 13.2 Å². The van der Waals surface area contributed by atoms with E-state index in [0.717, 1.165) is 30.0 Å². The standard InChI is InChI=1S/C17H27N3O3S/c1-18(2)24(22,23)20(16-12-8-5-9-13-16)14-17(21)19(3)15-10-6-4-7-11-15/h5,8-9,12-13,15H,4,6-7,10-11,14H2,1-3H3. The SMILES string of the molecule is CN(C(=O)CN(c1ccccc1)S(=O)(=O)N(C)C)C1CCCCC1. The summed E-state index contributed by atoms with van der Waals surface area (Å²) >= 11 is 0. The summed E-state index contributed by atoms with van der Waals surface area (Å²) in [7, 11) is 0.995. The zero-order chi connectivity index (χ0) is 17.7. The number of hydrogen-bond acceptors (Lipinski definition) is 3. The Morgan fingerprint density at radius 1 is 1.04 bits per heavy atom. The first-order chi connectivity index (χ1) is 11.3. The Balaban J connectivity index is 2.20. The van der Waals surface area contributed by atoms with E-state index in [1.165, 1.54) is 24.8 Å². The number of hydrogen-bond donors (Lipinski definition) is 0. The van der Waals surface area contributed by atoms with Gasteiger partial charge in [0.1, 0.15) is 6.54 Å². The van der Waals surface area contributed by atoms with Crippen LogP contribution in [0.2, 0.25) is 0 Å². The molecule has 0 bridgehead atoms.